The van der Waals surface area contributed by atoms with Gasteiger partial charge in [-0.3, -0.25) is 9.78 Å². The summed E-state index contributed by atoms with van der Waals surface area (Å²) in [6.07, 6.45) is 5.21. The van der Waals surface area contributed by atoms with E-state index in [1.807, 2.05) is 47.0 Å². The van der Waals surface area contributed by atoms with Gasteiger partial charge in [0.15, 0.2) is 5.82 Å². The molecule has 0 unspecified atom stereocenters. The minimum Gasteiger partial charge on any atom is -0.310 e. The number of nitrogens with zero attached hydrogens (tertiary/aromatic N) is 5. The molecule has 0 atom stereocenters. The third-order valence-electron chi connectivity index (χ3n) is 4.32. The predicted molar refractivity (Wildman–Crippen MR) is 116 cm³/mol. The maximum atomic E-state index is 12.8. The molecule has 0 spiro atoms. The highest BCUT2D eigenvalue weighted by molar-refractivity contribution is 7.99. The first-order valence-electron chi connectivity index (χ1n) is 9.46. The van der Waals surface area contributed by atoms with Crippen LogP contribution < -0.4 is 5.32 Å². The van der Waals surface area contributed by atoms with Crippen molar-refractivity contribution in [1.82, 2.24) is 24.7 Å². The summed E-state index contributed by atoms with van der Waals surface area (Å²) in [5.74, 6) is 0.899. The smallest absolute Gasteiger partial charge is 0.256 e. The van der Waals surface area contributed by atoms with Crippen LogP contribution in [0.2, 0.25) is 0 Å². The van der Waals surface area contributed by atoms with Gasteiger partial charge < -0.3 is 9.88 Å². The lowest BCUT2D eigenvalue weighted by Crippen LogP contribution is -2.13. The number of carbonyl (C=O) groups excluding carboxylic acids is 1. The summed E-state index contributed by atoms with van der Waals surface area (Å²) in [4.78, 5) is 23.4. The van der Waals surface area contributed by atoms with Gasteiger partial charge in [-0.05, 0) is 56.3 Å². The lowest BCUT2D eigenvalue weighted by Gasteiger charge is -2.11. The molecule has 0 aliphatic carbocycles. The van der Waals surface area contributed by atoms with Crippen molar-refractivity contribution in [3.63, 3.8) is 0 Å². The highest BCUT2D eigenvalue weighted by atomic mass is 32.2. The monoisotopic (exact) mass is 416 g/mol. The van der Waals surface area contributed by atoms with E-state index in [9.17, 15) is 4.79 Å². The summed E-state index contributed by atoms with van der Waals surface area (Å²) in [5, 5.41) is 11.0. The summed E-state index contributed by atoms with van der Waals surface area (Å²) < 4.78 is 1.94. The predicted octanol–water partition coefficient (Wildman–Crippen LogP) is 4.72. The Morgan fingerprint density at radius 2 is 1.90 bits per heavy atom. The number of pyridine rings is 2. The largest absolute Gasteiger partial charge is 0.310 e. The van der Waals surface area contributed by atoms with Gasteiger partial charge in [0.1, 0.15) is 17.8 Å². The van der Waals surface area contributed by atoms with Crippen molar-refractivity contribution in [2.45, 2.75) is 29.7 Å². The second-order valence-electron chi connectivity index (χ2n) is 6.84. The molecule has 4 aromatic rings. The maximum Gasteiger partial charge on any atom is 0.256 e. The Labute approximate surface area is 178 Å². The first-order chi connectivity index (χ1) is 14.6. The number of carbonyl (C=O) groups is 1. The summed E-state index contributed by atoms with van der Waals surface area (Å²) in [6.45, 7) is 4.10. The van der Waals surface area contributed by atoms with Crippen LogP contribution in [0.4, 0.5) is 5.82 Å². The second kappa shape index (κ2) is 8.87. The van der Waals surface area contributed by atoms with Gasteiger partial charge in [0.05, 0.1) is 0 Å². The molecule has 1 aromatic carbocycles. The van der Waals surface area contributed by atoms with Crippen LogP contribution >= 0.6 is 11.8 Å². The molecular weight excluding hydrogens is 396 g/mol. The first-order valence-corrected chi connectivity index (χ1v) is 10.3. The van der Waals surface area contributed by atoms with Gasteiger partial charge in [0, 0.05) is 33.8 Å². The van der Waals surface area contributed by atoms with E-state index in [0.717, 1.165) is 9.79 Å². The minimum absolute atomic E-state index is 0.204. The Morgan fingerprint density at radius 1 is 1.07 bits per heavy atom. The molecule has 1 N–H and O–H groups in total. The summed E-state index contributed by atoms with van der Waals surface area (Å²) in [6, 6.07) is 17.0. The van der Waals surface area contributed by atoms with E-state index in [1.165, 1.54) is 0 Å². The van der Waals surface area contributed by atoms with Crippen LogP contribution in [0, 0.1) is 0 Å². The highest BCUT2D eigenvalue weighted by Gasteiger charge is 2.13. The average molecular weight is 417 g/mol. The number of benzene rings is 1. The van der Waals surface area contributed by atoms with E-state index in [4.69, 9.17) is 0 Å². The first kappa shape index (κ1) is 19.8. The van der Waals surface area contributed by atoms with Crippen LogP contribution in [0.25, 0.3) is 11.5 Å². The Morgan fingerprint density at radius 3 is 2.70 bits per heavy atom. The molecule has 0 saturated carbocycles. The third-order valence-corrected chi connectivity index (χ3v) is 5.28. The number of anilines is 1. The SMILES string of the molecule is CC(C)n1cnnc1-c1cccc(NC(=O)c2cccc(Sc3cccnc3)c2)n1. The number of nitrogens with one attached hydrogen (secondary N) is 1. The fourth-order valence-electron chi connectivity index (χ4n) is 2.87. The van der Waals surface area contributed by atoms with Crippen molar-refractivity contribution < 1.29 is 4.79 Å². The van der Waals surface area contributed by atoms with E-state index in [2.05, 4.69) is 39.3 Å². The fourth-order valence-corrected chi connectivity index (χ4v) is 3.73. The minimum atomic E-state index is -0.224. The Balaban J connectivity index is 1.52. The molecule has 150 valence electrons. The molecule has 0 aliphatic heterocycles. The summed E-state index contributed by atoms with van der Waals surface area (Å²) in [7, 11) is 0. The zero-order valence-corrected chi connectivity index (χ0v) is 17.4. The fraction of sp³-hybridized carbons (Fsp3) is 0.136. The number of aromatic nitrogens is 5. The molecule has 8 heteroatoms. The van der Waals surface area contributed by atoms with Crippen molar-refractivity contribution in [2.24, 2.45) is 0 Å². The molecule has 3 aromatic heterocycles. The number of hydrogen-bond acceptors (Lipinski definition) is 6. The van der Waals surface area contributed by atoms with Crippen molar-refractivity contribution in [2.75, 3.05) is 5.32 Å². The molecule has 0 radical (unpaired) electrons. The standard InChI is InChI=1S/C22H20N6OS/c1-15(2)28-14-24-27-21(28)19-9-4-10-20(25-19)26-22(29)16-6-3-7-17(12-16)30-18-8-5-11-23-13-18/h3-15H,1-2H3,(H,25,26,29). The van der Waals surface area contributed by atoms with Crippen molar-refractivity contribution in [1.29, 1.82) is 0 Å². The summed E-state index contributed by atoms with van der Waals surface area (Å²) >= 11 is 1.55. The topological polar surface area (TPSA) is 85.6 Å². The zero-order chi connectivity index (χ0) is 20.9. The lowest BCUT2D eigenvalue weighted by atomic mass is 10.2. The Hall–Kier alpha value is -3.52. The van der Waals surface area contributed by atoms with Gasteiger partial charge in [0.25, 0.3) is 5.91 Å². The Kier molecular flexibility index (Phi) is 5.85. The second-order valence-corrected chi connectivity index (χ2v) is 7.98. The Bertz CT molecular complexity index is 1160. The zero-order valence-electron chi connectivity index (χ0n) is 16.6. The number of rotatable bonds is 6. The quantitative estimate of drug-likeness (QED) is 0.489. The van der Waals surface area contributed by atoms with Crippen molar-refractivity contribution in [3.05, 3.63) is 78.9 Å². The lowest BCUT2D eigenvalue weighted by molar-refractivity contribution is 0.102. The van der Waals surface area contributed by atoms with Crippen molar-refractivity contribution >= 4 is 23.5 Å². The molecule has 0 fully saturated rings. The molecule has 4 rings (SSSR count). The maximum absolute atomic E-state index is 12.8. The van der Waals surface area contributed by atoms with Gasteiger partial charge in [-0.25, -0.2) is 4.98 Å². The molecule has 7 nitrogen and oxygen atoms in total. The third kappa shape index (κ3) is 4.55. The summed E-state index contributed by atoms with van der Waals surface area (Å²) in [5.41, 5.74) is 1.21. The van der Waals surface area contributed by atoms with E-state index in [1.54, 1.807) is 42.6 Å². The van der Waals surface area contributed by atoms with E-state index in [-0.39, 0.29) is 11.9 Å². The molecular formula is C22H20N6OS. The van der Waals surface area contributed by atoms with Gasteiger partial charge in [-0.2, -0.15) is 0 Å². The molecule has 0 saturated heterocycles. The van der Waals surface area contributed by atoms with Crippen LogP contribution in [0.1, 0.15) is 30.2 Å². The van der Waals surface area contributed by atoms with Gasteiger partial charge >= 0.3 is 0 Å². The van der Waals surface area contributed by atoms with Gasteiger partial charge in [0.2, 0.25) is 0 Å². The molecule has 3 heterocycles. The van der Waals surface area contributed by atoms with Crippen molar-refractivity contribution in [3.8, 4) is 11.5 Å². The molecule has 30 heavy (non-hydrogen) atoms. The number of hydrogen-bond donors (Lipinski definition) is 1. The average Bonchev–Trinajstić information content (AvgIpc) is 3.25. The number of amides is 1. The van der Waals surface area contributed by atoms with Crippen LogP contribution in [0.3, 0.4) is 0 Å². The molecule has 1 amide bonds. The van der Waals surface area contributed by atoms with E-state index < -0.39 is 0 Å². The molecule has 0 aliphatic rings. The van der Waals surface area contributed by atoms with Gasteiger partial charge in [-0.1, -0.05) is 23.9 Å². The van der Waals surface area contributed by atoms with Crippen LogP contribution in [-0.2, 0) is 0 Å². The highest BCUT2D eigenvalue weighted by Crippen LogP contribution is 2.27. The van der Waals surface area contributed by atoms with E-state index in [0.29, 0.717) is 22.9 Å². The van der Waals surface area contributed by atoms with Crippen LogP contribution in [-0.4, -0.2) is 30.6 Å². The van der Waals surface area contributed by atoms with Gasteiger partial charge in [-0.15, -0.1) is 10.2 Å². The molecule has 0 bridgehead atoms. The van der Waals surface area contributed by atoms with Crippen LogP contribution in [0.15, 0.2) is 83.1 Å². The van der Waals surface area contributed by atoms with Crippen LogP contribution in [0.5, 0.6) is 0 Å². The van der Waals surface area contributed by atoms with E-state index >= 15 is 0 Å². The normalized spacial score (nSPS) is 10.9.